The van der Waals surface area contributed by atoms with Crippen LogP contribution in [0.4, 0.5) is 10.1 Å². The number of anilines is 1. The second-order valence-corrected chi connectivity index (χ2v) is 9.36. The summed E-state index contributed by atoms with van der Waals surface area (Å²) < 4.78 is 41.0. The molecule has 1 atom stereocenters. The maximum absolute atomic E-state index is 13.4. The minimum atomic E-state index is -4.03. The fourth-order valence-corrected chi connectivity index (χ4v) is 4.54. The Bertz CT molecular complexity index is 1140. The van der Waals surface area contributed by atoms with E-state index < -0.39 is 28.3 Å². The first-order valence-electron chi connectivity index (χ1n) is 9.88. The largest absolute Gasteiger partial charge is 0.348 e. The molecule has 0 aliphatic carbocycles. The average molecular weight is 441 g/mol. The molecule has 0 aliphatic heterocycles. The number of rotatable bonds is 7. The minimum absolute atomic E-state index is 0.0572. The van der Waals surface area contributed by atoms with Crippen LogP contribution in [0.5, 0.6) is 0 Å². The topological polar surface area (TPSA) is 66.5 Å². The summed E-state index contributed by atoms with van der Waals surface area (Å²) in [4.78, 5) is 12.8. The number of sulfonamides is 1. The predicted molar refractivity (Wildman–Crippen MR) is 120 cm³/mol. The van der Waals surface area contributed by atoms with E-state index in [9.17, 15) is 17.6 Å². The summed E-state index contributed by atoms with van der Waals surface area (Å²) in [6, 6.07) is 18.8. The van der Waals surface area contributed by atoms with E-state index in [-0.39, 0.29) is 16.6 Å². The molecule has 3 aromatic carbocycles. The lowest BCUT2D eigenvalue weighted by Crippen LogP contribution is -2.41. The van der Waals surface area contributed by atoms with Crippen LogP contribution in [-0.2, 0) is 14.8 Å². The second-order valence-electron chi connectivity index (χ2n) is 7.50. The molecule has 0 saturated heterocycles. The van der Waals surface area contributed by atoms with E-state index in [4.69, 9.17) is 0 Å². The van der Waals surface area contributed by atoms with E-state index in [2.05, 4.69) is 5.32 Å². The number of nitrogens with one attached hydrogen (secondary N) is 1. The van der Waals surface area contributed by atoms with Crippen LogP contribution in [0.15, 0.2) is 77.7 Å². The van der Waals surface area contributed by atoms with Gasteiger partial charge in [-0.2, -0.15) is 0 Å². The molecule has 0 saturated carbocycles. The number of carbonyl (C=O) groups is 1. The molecule has 162 valence electrons. The lowest BCUT2D eigenvalue weighted by molar-refractivity contribution is -0.120. The summed E-state index contributed by atoms with van der Waals surface area (Å²) >= 11 is 0. The summed E-state index contributed by atoms with van der Waals surface area (Å²) in [5, 5.41) is 2.84. The third-order valence-electron chi connectivity index (χ3n) is 4.97. The molecule has 0 bridgehead atoms. The molecule has 0 radical (unpaired) electrons. The van der Waals surface area contributed by atoms with Gasteiger partial charge in [0, 0.05) is 0 Å². The summed E-state index contributed by atoms with van der Waals surface area (Å²) in [6.07, 6.45) is 0. The highest BCUT2D eigenvalue weighted by Crippen LogP contribution is 2.24. The Hall–Kier alpha value is -3.19. The molecule has 7 heteroatoms. The molecule has 1 unspecified atom stereocenters. The van der Waals surface area contributed by atoms with Crippen molar-refractivity contribution >= 4 is 21.6 Å². The van der Waals surface area contributed by atoms with Crippen LogP contribution in [0.3, 0.4) is 0 Å². The monoisotopic (exact) mass is 440 g/mol. The molecule has 0 aromatic heterocycles. The van der Waals surface area contributed by atoms with Crippen molar-refractivity contribution in [2.45, 2.75) is 31.7 Å². The summed E-state index contributed by atoms with van der Waals surface area (Å²) in [6.45, 7) is 5.23. The van der Waals surface area contributed by atoms with Gasteiger partial charge in [-0.1, -0.05) is 47.5 Å². The summed E-state index contributed by atoms with van der Waals surface area (Å²) in [5.41, 5.74) is 3.14. The molecule has 0 aliphatic rings. The highest BCUT2D eigenvalue weighted by Gasteiger charge is 2.27. The Kier molecular flexibility index (Phi) is 6.75. The van der Waals surface area contributed by atoms with Crippen LogP contribution in [0, 0.1) is 19.7 Å². The van der Waals surface area contributed by atoms with Crippen LogP contribution in [-0.4, -0.2) is 20.9 Å². The minimum Gasteiger partial charge on any atom is -0.348 e. The molecule has 3 aromatic rings. The van der Waals surface area contributed by atoms with Crippen molar-refractivity contribution in [3.05, 3.63) is 95.3 Å². The van der Waals surface area contributed by atoms with Crippen LogP contribution in [0.1, 0.15) is 29.7 Å². The van der Waals surface area contributed by atoms with E-state index in [1.807, 2.05) is 45.0 Å². The Morgan fingerprint density at radius 2 is 1.42 bits per heavy atom. The number of amides is 1. The molecule has 0 fully saturated rings. The SMILES string of the molecule is Cc1ccc(C(C)NC(=O)CN(c2ccc(F)cc2)S(=O)(=O)c2ccc(C)cc2)cc1. The molecule has 1 amide bonds. The van der Waals surface area contributed by atoms with Crippen molar-refractivity contribution in [2.75, 3.05) is 10.8 Å². The first kappa shape index (κ1) is 22.5. The van der Waals surface area contributed by atoms with E-state index in [1.165, 1.54) is 36.4 Å². The smallest absolute Gasteiger partial charge is 0.264 e. The van der Waals surface area contributed by atoms with E-state index in [0.717, 1.165) is 21.0 Å². The van der Waals surface area contributed by atoms with E-state index in [1.54, 1.807) is 12.1 Å². The van der Waals surface area contributed by atoms with Crippen LogP contribution < -0.4 is 9.62 Å². The zero-order valence-corrected chi connectivity index (χ0v) is 18.5. The van der Waals surface area contributed by atoms with E-state index in [0.29, 0.717) is 0 Å². The standard InChI is InChI=1S/C24H25FN2O3S/c1-17-4-8-20(9-5-17)19(3)26-24(28)16-27(22-12-10-21(25)11-13-22)31(29,30)23-14-6-18(2)7-15-23/h4-15,19H,16H2,1-3H3,(H,26,28). The molecule has 5 nitrogen and oxygen atoms in total. The first-order chi connectivity index (χ1) is 14.7. The van der Waals surface area contributed by atoms with Crippen molar-refractivity contribution in [1.82, 2.24) is 5.32 Å². The summed E-state index contributed by atoms with van der Waals surface area (Å²) in [7, 11) is -4.03. The van der Waals surface area contributed by atoms with Gasteiger partial charge in [-0.15, -0.1) is 0 Å². The van der Waals surface area contributed by atoms with Gasteiger partial charge in [0.15, 0.2) is 0 Å². The van der Waals surface area contributed by atoms with Crippen molar-refractivity contribution < 1.29 is 17.6 Å². The van der Waals surface area contributed by atoms with Crippen molar-refractivity contribution in [1.29, 1.82) is 0 Å². The molecular formula is C24H25FN2O3S. The fraction of sp³-hybridized carbons (Fsp3) is 0.208. The highest BCUT2D eigenvalue weighted by molar-refractivity contribution is 7.92. The zero-order chi connectivity index (χ0) is 22.6. The van der Waals surface area contributed by atoms with Crippen LogP contribution in [0.2, 0.25) is 0 Å². The van der Waals surface area contributed by atoms with Gasteiger partial charge in [0.2, 0.25) is 5.91 Å². The molecule has 0 heterocycles. The third-order valence-corrected chi connectivity index (χ3v) is 6.75. The lowest BCUT2D eigenvalue weighted by atomic mass is 10.1. The number of hydrogen-bond donors (Lipinski definition) is 1. The lowest BCUT2D eigenvalue weighted by Gasteiger charge is -2.25. The fourth-order valence-electron chi connectivity index (χ4n) is 3.12. The normalized spacial score (nSPS) is 12.3. The van der Waals surface area contributed by atoms with Gasteiger partial charge in [0.25, 0.3) is 10.0 Å². The number of hydrogen-bond acceptors (Lipinski definition) is 3. The average Bonchev–Trinajstić information content (AvgIpc) is 2.73. The van der Waals surface area contributed by atoms with Crippen molar-refractivity contribution in [3.63, 3.8) is 0 Å². The predicted octanol–water partition coefficient (Wildman–Crippen LogP) is 4.52. The first-order valence-corrected chi connectivity index (χ1v) is 11.3. The number of carbonyl (C=O) groups excluding carboxylic acids is 1. The Balaban J connectivity index is 1.87. The second kappa shape index (κ2) is 9.31. The van der Waals surface area contributed by atoms with Gasteiger partial charge in [-0.3, -0.25) is 9.10 Å². The molecule has 1 N–H and O–H groups in total. The van der Waals surface area contributed by atoms with Crippen LogP contribution in [0.25, 0.3) is 0 Å². The van der Waals surface area contributed by atoms with Gasteiger partial charge in [-0.25, -0.2) is 12.8 Å². The van der Waals surface area contributed by atoms with Gasteiger partial charge < -0.3 is 5.32 Å². The molecule has 31 heavy (non-hydrogen) atoms. The van der Waals surface area contributed by atoms with Crippen molar-refractivity contribution in [3.8, 4) is 0 Å². The highest BCUT2D eigenvalue weighted by atomic mass is 32.2. The number of benzene rings is 3. The summed E-state index contributed by atoms with van der Waals surface area (Å²) in [5.74, 6) is -0.957. The van der Waals surface area contributed by atoms with Crippen molar-refractivity contribution in [2.24, 2.45) is 0 Å². The van der Waals surface area contributed by atoms with Gasteiger partial charge in [0.1, 0.15) is 12.4 Å². The maximum atomic E-state index is 13.4. The Labute approximate surface area is 182 Å². The number of nitrogens with zero attached hydrogens (tertiary/aromatic N) is 1. The number of halogens is 1. The molecule has 3 rings (SSSR count). The molecule has 0 spiro atoms. The third kappa shape index (κ3) is 5.49. The molecular weight excluding hydrogens is 415 g/mol. The quantitative estimate of drug-likeness (QED) is 0.588. The van der Waals surface area contributed by atoms with E-state index >= 15 is 0 Å². The Morgan fingerprint density at radius 1 is 0.903 bits per heavy atom. The van der Waals surface area contributed by atoms with Gasteiger partial charge in [0.05, 0.1) is 16.6 Å². The Morgan fingerprint density at radius 3 is 1.97 bits per heavy atom. The number of aryl methyl sites for hydroxylation is 2. The van der Waals surface area contributed by atoms with Gasteiger partial charge >= 0.3 is 0 Å². The maximum Gasteiger partial charge on any atom is 0.264 e. The van der Waals surface area contributed by atoms with Gasteiger partial charge in [-0.05, 0) is 62.7 Å². The van der Waals surface area contributed by atoms with Crippen LogP contribution >= 0.6 is 0 Å². The zero-order valence-electron chi connectivity index (χ0n) is 17.7.